The molecule has 0 aromatic heterocycles. The maximum absolute atomic E-state index is 13.7. The summed E-state index contributed by atoms with van der Waals surface area (Å²) in [6.07, 6.45) is -1.10. The predicted octanol–water partition coefficient (Wildman–Crippen LogP) is 4.08. The number of benzene rings is 5. The molecular weight excluding hydrogens is 496 g/mol. The Labute approximate surface area is 223 Å². The highest BCUT2D eigenvalue weighted by Crippen LogP contribution is 2.46. The fraction of sp³-hybridized carbons (Fsp3) is 0.226. The van der Waals surface area contributed by atoms with Crippen molar-refractivity contribution in [2.75, 3.05) is 6.61 Å². The second-order valence-corrected chi connectivity index (χ2v) is 10.7. The molecule has 0 spiro atoms. The minimum atomic E-state index is -1.10. The second-order valence-electron chi connectivity index (χ2n) is 10.7. The van der Waals surface area contributed by atoms with E-state index in [1.54, 1.807) is 24.3 Å². The highest BCUT2D eigenvalue weighted by Gasteiger charge is 2.40. The molecular formula is C31H24N2O6. The van der Waals surface area contributed by atoms with Crippen molar-refractivity contribution in [2.45, 2.75) is 39.0 Å². The number of rotatable bonds is 5. The number of imide groups is 2. The van der Waals surface area contributed by atoms with Crippen LogP contribution in [0.4, 0.5) is 0 Å². The van der Waals surface area contributed by atoms with Gasteiger partial charge in [0.05, 0.1) is 18.8 Å². The van der Waals surface area contributed by atoms with Crippen molar-refractivity contribution < 1.29 is 29.4 Å². The molecule has 2 atom stereocenters. The van der Waals surface area contributed by atoms with Crippen LogP contribution in [-0.4, -0.2) is 69.9 Å². The van der Waals surface area contributed by atoms with Crippen LogP contribution in [-0.2, 0) is 0 Å². The van der Waals surface area contributed by atoms with Crippen molar-refractivity contribution >= 4 is 66.7 Å². The molecule has 39 heavy (non-hydrogen) atoms. The highest BCUT2D eigenvalue weighted by molar-refractivity contribution is 6.41. The van der Waals surface area contributed by atoms with Gasteiger partial charge in [-0.05, 0) is 77.4 Å². The first kappa shape index (κ1) is 22.6. The van der Waals surface area contributed by atoms with Gasteiger partial charge in [-0.2, -0.15) is 0 Å². The summed E-state index contributed by atoms with van der Waals surface area (Å²) in [6, 6.07) is 12.9. The van der Waals surface area contributed by atoms with E-state index >= 15 is 0 Å². The molecule has 7 rings (SSSR count). The van der Waals surface area contributed by atoms with Gasteiger partial charge < -0.3 is 10.2 Å². The van der Waals surface area contributed by atoms with Gasteiger partial charge in [0, 0.05) is 39.1 Å². The van der Waals surface area contributed by atoms with E-state index in [0.717, 1.165) is 37.2 Å². The van der Waals surface area contributed by atoms with Crippen molar-refractivity contribution in [2.24, 2.45) is 0 Å². The third-order valence-electron chi connectivity index (χ3n) is 8.27. The summed E-state index contributed by atoms with van der Waals surface area (Å²) in [5.74, 6) is -1.78. The van der Waals surface area contributed by atoms with Crippen molar-refractivity contribution in [3.8, 4) is 0 Å². The van der Waals surface area contributed by atoms with Crippen molar-refractivity contribution in [3.05, 3.63) is 70.8 Å². The molecule has 8 nitrogen and oxygen atoms in total. The Hall–Kier alpha value is -4.40. The van der Waals surface area contributed by atoms with E-state index in [2.05, 4.69) is 5.11 Å². The molecule has 2 N–H and O–H groups in total. The summed E-state index contributed by atoms with van der Waals surface area (Å²) in [7, 11) is 0. The third-order valence-corrected chi connectivity index (χ3v) is 8.27. The van der Waals surface area contributed by atoms with E-state index in [-0.39, 0.29) is 24.5 Å². The summed E-state index contributed by atoms with van der Waals surface area (Å²) >= 11 is 0. The van der Waals surface area contributed by atoms with Gasteiger partial charge in [0.2, 0.25) is 1.43 Å². The van der Waals surface area contributed by atoms with Crippen molar-refractivity contribution in [1.29, 1.82) is 1.43 Å². The molecule has 0 fully saturated rings. The Bertz CT molecular complexity index is 1860. The molecule has 194 valence electrons. The highest BCUT2D eigenvalue weighted by atomic mass is 16.3. The summed E-state index contributed by atoms with van der Waals surface area (Å²) in [4.78, 5) is 56.4. The summed E-state index contributed by atoms with van der Waals surface area (Å²) in [5.41, 5.74) is 1.58. The van der Waals surface area contributed by atoms with Crippen LogP contribution >= 0.6 is 0 Å². The predicted molar refractivity (Wildman–Crippen MR) is 146 cm³/mol. The lowest BCUT2D eigenvalue weighted by Gasteiger charge is -2.35. The molecule has 0 unspecified atom stereocenters. The normalized spacial score (nSPS) is 17.4. The molecule has 0 radical (unpaired) electrons. The van der Waals surface area contributed by atoms with Gasteiger partial charge in [0.1, 0.15) is 0 Å². The smallest absolute Gasteiger partial charge is 0.261 e. The van der Waals surface area contributed by atoms with Crippen molar-refractivity contribution in [3.63, 3.8) is 0 Å². The molecule has 5 aromatic rings. The molecule has 2 heterocycles. The van der Waals surface area contributed by atoms with Gasteiger partial charge in [-0.25, -0.2) is 0 Å². The molecule has 0 aliphatic carbocycles. The van der Waals surface area contributed by atoms with Crippen LogP contribution in [0, 0.1) is 0 Å². The molecule has 5 aromatic carbocycles. The fourth-order valence-electron chi connectivity index (χ4n) is 6.50. The van der Waals surface area contributed by atoms with Gasteiger partial charge in [0.25, 0.3) is 23.6 Å². The molecule has 2 aliphatic rings. The number of amides is 4. The van der Waals surface area contributed by atoms with E-state index in [4.69, 9.17) is 1.43 Å². The maximum atomic E-state index is 13.7. The molecule has 0 bridgehead atoms. The lowest BCUT2D eigenvalue weighted by Crippen LogP contribution is -2.53. The first-order valence-electron chi connectivity index (χ1n) is 13.3. The summed E-state index contributed by atoms with van der Waals surface area (Å²) in [5, 5.41) is 20.7. The van der Waals surface area contributed by atoms with E-state index in [1.807, 2.05) is 38.1 Å². The number of hydrogen-bond donors (Lipinski definition) is 2. The minimum absolute atomic E-state index is 0.289. The lowest BCUT2D eigenvalue weighted by atomic mass is 9.82. The number of carbonyl (C=O) groups excluding carboxylic acids is 4. The average Bonchev–Trinajstić information content (AvgIpc) is 2.93. The maximum Gasteiger partial charge on any atom is 0.261 e. The molecule has 0 saturated heterocycles. The molecule has 0 saturated carbocycles. The topological polar surface area (TPSA) is 115 Å². The Kier molecular flexibility index (Phi) is 4.52. The number of aliphatic hydroxyl groups is 2. The number of nitrogens with zero attached hydrogens (tertiary/aromatic N) is 2. The van der Waals surface area contributed by atoms with Crippen LogP contribution in [0.5, 0.6) is 0 Å². The molecule has 2 aliphatic heterocycles. The SMILES string of the molecule is [2H]OC[C@@H]([C@H](C)O)N1C(=O)c2ccc3c4ccc5c6c(ccc(c7ccc(c2c37)C1=O)c64)C(=O)N(C(C)C)C5=O. The van der Waals surface area contributed by atoms with Gasteiger partial charge in [-0.3, -0.25) is 29.0 Å². The summed E-state index contributed by atoms with van der Waals surface area (Å²) < 4.78 is 7.15. The van der Waals surface area contributed by atoms with Crippen molar-refractivity contribution in [1.82, 2.24) is 9.80 Å². The second kappa shape index (κ2) is 7.81. The average molecular weight is 522 g/mol. The Balaban J connectivity index is 1.56. The van der Waals surface area contributed by atoms with Gasteiger partial charge in [0.15, 0.2) is 0 Å². The zero-order chi connectivity index (χ0) is 28.2. The zero-order valence-electron chi connectivity index (χ0n) is 22.4. The standard InChI is InChI=1S/C31H24N2O6/c1-13(2)32-28(36)19-8-4-15-17-6-10-21-27-22(31(39)33(30(21)38)23(12-34)14(3)35)11-7-18(25(17)27)16-5-9-20(29(32)37)26(19)24(15)16/h4-11,13-14,23,34-35H,12H2,1-3H3/t14-,23-/m0/s1/i34D. The van der Waals surface area contributed by atoms with E-state index in [1.165, 1.54) is 11.8 Å². The third kappa shape index (κ3) is 2.79. The van der Waals surface area contributed by atoms with Crippen LogP contribution in [0.25, 0.3) is 43.1 Å². The Morgan fingerprint density at radius 1 is 0.615 bits per heavy atom. The summed E-state index contributed by atoms with van der Waals surface area (Å²) in [6.45, 7) is 4.75. The Morgan fingerprint density at radius 3 is 1.28 bits per heavy atom. The first-order valence-corrected chi connectivity index (χ1v) is 12.9. The van der Waals surface area contributed by atoms with Crippen LogP contribution in [0.1, 0.15) is 62.2 Å². The van der Waals surface area contributed by atoms with E-state index < -0.39 is 24.0 Å². The minimum Gasteiger partial charge on any atom is -0.394 e. The van der Waals surface area contributed by atoms with Crippen LogP contribution in [0.3, 0.4) is 0 Å². The van der Waals surface area contributed by atoms with Crippen LogP contribution in [0.2, 0.25) is 0 Å². The monoisotopic (exact) mass is 521 g/mol. The van der Waals surface area contributed by atoms with Gasteiger partial charge in [-0.15, -0.1) is 0 Å². The number of carbonyl (C=O) groups is 4. The lowest BCUT2D eigenvalue weighted by molar-refractivity contribution is 0.0193. The number of fused-ring (bicyclic) bond motifs is 2. The number of hydrogen-bond acceptors (Lipinski definition) is 6. The zero-order valence-corrected chi connectivity index (χ0v) is 21.4. The van der Waals surface area contributed by atoms with Crippen LogP contribution < -0.4 is 0 Å². The fourth-order valence-corrected chi connectivity index (χ4v) is 6.50. The van der Waals surface area contributed by atoms with E-state index in [0.29, 0.717) is 33.0 Å². The molecule has 4 amide bonds. The van der Waals surface area contributed by atoms with Gasteiger partial charge in [-0.1, -0.05) is 24.3 Å². The Morgan fingerprint density at radius 2 is 0.974 bits per heavy atom. The first-order chi connectivity index (χ1) is 19.2. The van der Waals surface area contributed by atoms with Gasteiger partial charge >= 0.3 is 0 Å². The number of aliphatic hydroxyl groups excluding tert-OH is 2. The van der Waals surface area contributed by atoms with E-state index in [9.17, 15) is 24.3 Å². The molecule has 8 heteroatoms. The van der Waals surface area contributed by atoms with Crippen LogP contribution in [0.15, 0.2) is 48.5 Å². The quantitative estimate of drug-likeness (QED) is 0.205. The largest absolute Gasteiger partial charge is 0.394 e.